The van der Waals surface area contributed by atoms with Crippen molar-refractivity contribution in [1.29, 1.82) is 0 Å². The van der Waals surface area contributed by atoms with Crippen molar-refractivity contribution in [2.75, 3.05) is 6.26 Å². The molecule has 0 spiro atoms. The van der Waals surface area contributed by atoms with Crippen LogP contribution in [0, 0.1) is 0 Å². The second-order valence-electron chi connectivity index (χ2n) is 7.10. The van der Waals surface area contributed by atoms with Gasteiger partial charge < -0.3 is 0 Å². The van der Waals surface area contributed by atoms with Gasteiger partial charge in [0.15, 0.2) is 0 Å². The van der Waals surface area contributed by atoms with Gasteiger partial charge in [-0.3, -0.25) is 0 Å². The predicted octanol–water partition coefficient (Wildman–Crippen LogP) is 6.06. The van der Waals surface area contributed by atoms with Crippen molar-refractivity contribution in [2.45, 2.75) is 18.0 Å². The normalized spacial score (nSPS) is 20.4. The van der Waals surface area contributed by atoms with E-state index in [1.165, 1.54) is 24.5 Å². The van der Waals surface area contributed by atoms with Crippen LogP contribution in [0.4, 0.5) is 26.3 Å². The van der Waals surface area contributed by atoms with Gasteiger partial charge in [-0.1, -0.05) is 0 Å². The molecule has 0 amide bonds. The minimum atomic E-state index is -5.74. The monoisotopic (exact) mass is 474 g/mol. The minimum absolute atomic E-state index is 0.0759. The Morgan fingerprint density at radius 3 is 1.52 bits per heavy atom. The number of halogens is 6. The van der Waals surface area contributed by atoms with E-state index >= 15 is 0 Å². The van der Waals surface area contributed by atoms with Crippen molar-refractivity contribution < 1.29 is 30.9 Å². The van der Waals surface area contributed by atoms with Crippen LogP contribution >= 0.6 is 17.4 Å². The Hall–Kier alpha value is -2.02. The molecular formula is C22H17F6OPS. The summed E-state index contributed by atoms with van der Waals surface area (Å²) in [5, 5.41) is 0.498. The van der Waals surface area contributed by atoms with Gasteiger partial charge in [0.25, 0.3) is 0 Å². The number of hydrogen-bond donors (Lipinski definition) is 0. The number of rotatable bonds is 3. The molecule has 0 radical (unpaired) electrons. The van der Waals surface area contributed by atoms with Gasteiger partial charge >= 0.3 is 179 Å². The fourth-order valence-corrected chi connectivity index (χ4v) is 13.1. The Bertz CT molecular complexity index is 1040. The third-order valence-electron chi connectivity index (χ3n) is 5.63. The van der Waals surface area contributed by atoms with Crippen LogP contribution in [0.1, 0.15) is 5.56 Å². The summed E-state index contributed by atoms with van der Waals surface area (Å²) in [6.45, 7) is 0. The summed E-state index contributed by atoms with van der Waals surface area (Å²) >= 11 is 0.919. The zero-order valence-corrected chi connectivity index (χ0v) is 17.8. The molecule has 0 aliphatic carbocycles. The first-order chi connectivity index (χ1) is 14.5. The fraction of sp³-hybridized carbons (Fsp3) is 0.182. The van der Waals surface area contributed by atoms with Gasteiger partial charge in [-0.25, -0.2) is 0 Å². The van der Waals surface area contributed by atoms with Crippen molar-refractivity contribution in [2.24, 2.45) is 0 Å². The van der Waals surface area contributed by atoms with E-state index in [-0.39, 0.29) is 15.9 Å². The molecule has 3 aromatic carbocycles. The number of fused-ring (bicyclic) bond motifs is 1. The van der Waals surface area contributed by atoms with Gasteiger partial charge in [0.1, 0.15) is 0 Å². The van der Waals surface area contributed by atoms with Crippen LogP contribution in [0.25, 0.3) is 0 Å². The second kappa shape index (κ2) is 6.99. The molecule has 0 unspecified atom stereocenters. The molecule has 0 saturated carbocycles. The summed E-state index contributed by atoms with van der Waals surface area (Å²) in [5.41, 5.74) is -5.36. The maximum absolute atomic E-state index is 14.4. The van der Waals surface area contributed by atoms with E-state index in [4.69, 9.17) is 4.52 Å². The predicted molar refractivity (Wildman–Crippen MR) is 114 cm³/mol. The Balaban J connectivity index is 2.27. The fourth-order valence-electron chi connectivity index (χ4n) is 4.33. The Labute approximate surface area is 179 Å². The number of hydrogen-bond acceptors (Lipinski definition) is 2. The molecule has 0 aromatic heterocycles. The van der Waals surface area contributed by atoms with Gasteiger partial charge in [-0.05, 0) is 0 Å². The van der Waals surface area contributed by atoms with E-state index in [1.807, 2.05) is 0 Å². The molecule has 1 nitrogen and oxygen atoms in total. The first kappa shape index (κ1) is 22.2. The molecule has 0 N–H and O–H groups in total. The molecule has 0 saturated heterocycles. The first-order valence-corrected chi connectivity index (χ1v) is 13.2. The molecule has 0 bridgehead atoms. The van der Waals surface area contributed by atoms with Gasteiger partial charge in [0, 0.05) is 0 Å². The van der Waals surface area contributed by atoms with Gasteiger partial charge in [-0.2, -0.15) is 0 Å². The van der Waals surface area contributed by atoms with Crippen LogP contribution in [0.3, 0.4) is 0 Å². The summed E-state index contributed by atoms with van der Waals surface area (Å²) in [4.78, 5) is 0. The van der Waals surface area contributed by atoms with E-state index in [2.05, 4.69) is 0 Å². The van der Waals surface area contributed by atoms with Crippen molar-refractivity contribution in [3.8, 4) is 0 Å². The number of benzene rings is 3. The topological polar surface area (TPSA) is 9.23 Å². The van der Waals surface area contributed by atoms with Gasteiger partial charge in [-0.15, -0.1) is 0 Å². The summed E-state index contributed by atoms with van der Waals surface area (Å²) in [5.74, 6) is 0. The van der Waals surface area contributed by atoms with Crippen LogP contribution in [0.15, 0.2) is 84.9 Å². The molecule has 164 valence electrons. The van der Waals surface area contributed by atoms with Crippen LogP contribution < -0.4 is 15.9 Å². The molecule has 0 fully saturated rings. The average molecular weight is 474 g/mol. The molecule has 4 rings (SSSR count). The summed E-state index contributed by atoms with van der Waals surface area (Å²) in [7, 11) is 0. The van der Waals surface area contributed by atoms with Crippen molar-refractivity contribution in [3.05, 3.63) is 90.5 Å². The molecular weight excluding hydrogens is 457 g/mol. The third kappa shape index (κ3) is 2.68. The summed E-state index contributed by atoms with van der Waals surface area (Å²) in [6, 6.07) is 16.0. The van der Waals surface area contributed by atoms with Gasteiger partial charge in [0.05, 0.1) is 0 Å². The van der Waals surface area contributed by atoms with Gasteiger partial charge in [0.2, 0.25) is 0 Å². The number of alkyl halides is 6. The van der Waals surface area contributed by atoms with E-state index in [0.717, 1.165) is 17.4 Å². The zero-order chi connectivity index (χ0) is 22.6. The van der Waals surface area contributed by atoms with Crippen LogP contribution in [0.2, 0.25) is 0 Å². The molecule has 0 atom stereocenters. The average Bonchev–Trinajstić information content (AvgIpc) is 3.06. The second-order valence-corrected chi connectivity index (χ2v) is 14.3. The standard InChI is InChI=1S/C22H17F6OPS/c1-31-30(16-10-4-2-5-11-16,17-12-6-3-7-13-17)19-15-9-8-14-18(19)20(29-30,21(23,24)25)22(26,27)28/h2-15H,1H3. The van der Waals surface area contributed by atoms with Crippen molar-refractivity contribution >= 4 is 33.3 Å². The molecule has 3 aromatic rings. The molecule has 9 heteroatoms. The summed E-state index contributed by atoms with van der Waals surface area (Å²) < 4.78 is 92.3. The summed E-state index contributed by atoms with van der Waals surface area (Å²) in [6.07, 6.45) is -9.96. The molecule has 1 aliphatic rings. The third-order valence-corrected chi connectivity index (χ3v) is 14.9. The maximum atomic E-state index is 14.4. The molecule has 31 heavy (non-hydrogen) atoms. The van der Waals surface area contributed by atoms with E-state index in [0.29, 0.717) is 0 Å². The quantitative estimate of drug-likeness (QED) is 0.337. The Morgan fingerprint density at radius 1 is 0.677 bits per heavy atom. The van der Waals surface area contributed by atoms with Crippen LogP contribution in [-0.2, 0) is 10.1 Å². The van der Waals surface area contributed by atoms with Crippen LogP contribution in [0.5, 0.6) is 0 Å². The van der Waals surface area contributed by atoms with Crippen LogP contribution in [-0.4, -0.2) is 18.6 Å². The Morgan fingerprint density at radius 2 is 1.10 bits per heavy atom. The zero-order valence-electron chi connectivity index (χ0n) is 16.1. The van der Waals surface area contributed by atoms with E-state index in [9.17, 15) is 26.3 Å². The SMILES string of the molecule is CSP1(c2ccccc2)(c2ccccc2)OC(C(F)(F)F)(C(F)(F)F)c2ccccc21. The molecule has 1 heterocycles. The van der Waals surface area contributed by atoms with E-state index < -0.39 is 29.5 Å². The molecule has 1 aliphatic heterocycles. The van der Waals surface area contributed by atoms with E-state index in [1.54, 1.807) is 60.7 Å². The first-order valence-electron chi connectivity index (χ1n) is 9.18. The Kier molecular flexibility index (Phi) is 5.00. The van der Waals surface area contributed by atoms with Crippen molar-refractivity contribution in [3.63, 3.8) is 0 Å². The van der Waals surface area contributed by atoms with Crippen molar-refractivity contribution in [1.82, 2.24) is 0 Å².